The second kappa shape index (κ2) is 9.16. The monoisotopic (exact) mass is 502 g/mol. The molecule has 2 aliphatic heterocycles. The predicted molar refractivity (Wildman–Crippen MR) is 139 cm³/mol. The molecule has 3 aromatic carbocycles. The van der Waals surface area contributed by atoms with E-state index in [4.69, 9.17) is 5.73 Å². The number of carbonyl (C=O) groups is 2. The van der Waals surface area contributed by atoms with Gasteiger partial charge in [0.05, 0.1) is 12.6 Å². The standard InChI is InChI=1S/C27H26N4O4S/c1-2-25(36(34,35)31-17-23(29-27(31)33)18-6-4-3-5-7-18)21-10-13-24-20(16-21)14-15-30(24)26(32)19-8-11-22(28)12-9-19/h2-13,16,23,25H,1,14-15,17,28H2,(H,29,33). The Morgan fingerprint density at radius 1 is 1.08 bits per heavy atom. The zero-order valence-corrected chi connectivity index (χ0v) is 20.3. The highest BCUT2D eigenvalue weighted by molar-refractivity contribution is 7.90. The molecular weight excluding hydrogens is 476 g/mol. The Labute approximate surface area is 210 Å². The van der Waals surface area contributed by atoms with E-state index in [-0.39, 0.29) is 12.5 Å². The van der Waals surface area contributed by atoms with Crippen LogP contribution in [-0.2, 0) is 16.4 Å². The Morgan fingerprint density at radius 3 is 2.50 bits per heavy atom. The zero-order valence-electron chi connectivity index (χ0n) is 19.5. The molecule has 9 heteroatoms. The fraction of sp³-hybridized carbons (Fsp3) is 0.185. The van der Waals surface area contributed by atoms with Crippen molar-refractivity contribution in [2.75, 3.05) is 23.7 Å². The molecule has 2 aliphatic rings. The number of sulfonamides is 1. The van der Waals surface area contributed by atoms with Crippen LogP contribution < -0.4 is 16.0 Å². The number of nitrogens with one attached hydrogen (secondary N) is 1. The van der Waals surface area contributed by atoms with Crippen molar-refractivity contribution in [3.8, 4) is 0 Å². The maximum Gasteiger partial charge on any atom is 0.331 e. The Hall–Kier alpha value is -4.11. The van der Waals surface area contributed by atoms with Gasteiger partial charge in [-0.25, -0.2) is 17.5 Å². The van der Waals surface area contributed by atoms with Gasteiger partial charge >= 0.3 is 6.03 Å². The first-order chi connectivity index (χ1) is 17.3. The molecule has 2 heterocycles. The van der Waals surface area contributed by atoms with Gasteiger partial charge in [0.2, 0.25) is 10.0 Å². The van der Waals surface area contributed by atoms with Gasteiger partial charge in [-0.05, 0) is 53.4 Å². The lowest BCUT2D eigenvalue weighted by Crippen LogP contribution is -2.37. The molecule has 3 N–H and O–H groups in total. The van der Waals surface area contributed by atoms with Gasteiger partial charge in [0.1, 0.15) is 5.25 Å². The molecule has 8 nitrogen and oxygen atoms in total. The number of anilines is 2. The summed E-state index contributed by atoms with van der Waals surface area (Å²) in [6.07, 6.45) is 1.93. The van der Waals surface area contributed by atoms with Gasteiger partial charge in [-0.3, -0.25) is 4.79 Å². The Balaban J connectivity index is 1.39. The lowest BCUT2D eigenvalue weighted by atomic mass is 10.1. The van der Waals surface area contributed by atoms with Gasteiger partial charge in [0.15, 0.2) is 0 Å². The smallest absolute Gasteiger partial charge is 0.331 e. The van der Waals surface area contributed by atoms with E-state index < -0.39 is 27.3 Å². The van der Waals surface area contributed by atoms with Gasteiger partial charge in [0, 0.05) is 23.5 Å². The molecule has 2 atom stereocenters. The van der Waals surface area contributed by atoms with Crippen LogP contribution in [-0.4, -0.2) is 37.8 Å². The molecule has 0 bridgehead atoms. The predicted octanol–water partition coefficient (Wildman–Crippen LogP) is 3.80. The van der Waals surface area contributed by atoms with Crippen molar-refractivity contribution < 1.29 is 18.0 Å². The van der Waals surface area contributed by atoms with E-state index in [1.807, 2.05) is 30.3 Å². The zero-order chi connectivity index (χ0) is 25.4. The molecule has 0 aromatic heterocycles. The summed E-state index contributed by atoms with van der Waals surface area (Å²) in [7, 11) is -4.08. The molecule has 5 rings (SSSR count). The third kappa shape index (κ3) is 4.11. The summed E-state index contributed by atoms with van der Waals surface area (Å²) in [5.74, 6) is -0.143. The van der Waals surface area contributed by atoms with Crippen molar-refractivity contribution in [3.63, 3.8) is 0 Å². The second-order valence-corrected chi connectivity index (χ2v) is 10.8. The van der Waals surface area contributed by atoms with Crippen LogP contribution in [0, 0.1) is 0 Å². The minimum absolute atomic E-state index is 0.00430. The van der Waals surface area contributed by atoms with Gasteiger partial charge in [-0.15, -0.1) is 6.58 Å². The summed E-state index contributed by atoms with van der Waals surface area (Å²) in [4.78, 5) is 27.4. The Bertz CT molecular complexity index is 1440. The molecule has 184 valence electrons. The van der Waals surface area contributed by atoms with E-state index in [9.17, 15) is 18.0 Å². The number of amides is 3. The maximum atomic E-state index is 13.6. The number of urea groups is 1. The fourth-order valence-electron chi connectivity index (χ4n) is 4.77. The highest BCUT2D eigenvalue weighted by Crippen LogP contribution is 2.36. The highest BCUT2D eigenvalue weighted by Gasteiger charge is 2.42. The van der Waals surface area contributed by atoms with Crippen LogP contribution in [0.4, 0.5) is 16.2 Å². The number of nitrogens with two attached hydrogens (primary N) is 1. The molecule has 1 fully saturated rings. The molecule has 0 saturated carbocycles. The van der Waals surface area contributed by atoms with Gasteiger partial charge < -0.3 is 16.0 Å². The van der Waals surface area contributed by atoms with Crippen molar-refractivity contribution >= 4 is 33.3 Å². The molecule has 1 saturated heterocycles. The number of rotatable bonds is 6. The first-order valence-electron chi connectivity index (χ1n) is 11.6. The SMILES string of the molecule is C=CC(c1ccc2c(c1)CCN2C(=O)c1ccc(N)cc1)S(=O)(=O)N1CC(c2ccccc2)NC1=O. The number of nitrogens with zero attached hydrogens (tertiary/aromatic N) is 2. The van der Waals surface area contributed by atoms with Crippen LogP contribution in [0.5, 0.6) is 0 Å². The minimum atomic E-state index is -4.08. The summed E-state index contributed by atoms with van der Waals surface area (Å²) >= 11 is 0. The molecule has 0 radical (unpaired) electrons. The lowest BCUT2D eigenvalue weighted by Gasteiger charge is -2.22. The number of hydrogen-bond acceptors (Lipinski definition) is 5. The van der Waals surface area contributed by atoms with E-state index in [0.717, 1.165) is 21.1 Å². The third-order valence-corrected chi connectivity index (χ3v) is 8.68. The quantitative estimate of drug-likeness (QED) is 0.393. The molecular formula is C27H26N4O4S. The maximum absolute atomic E-state index is 13.6. The highest BCUT2D eigenvalue weighted by atomic mass is 32.2. The van der Waals surface area contributed by atoms with Crippen molar-refractivity contribution in [2.24, 2.45) is 0 Å². The molecule has 36 heavy (non-hydrogen) atoms. The average molecular weight is 503 g/mol. The fourth-order valence-corrected chi connectivity index (χ4v) is 6.42. The molecule has 3 aromatic rings. The normalized spacial score (nSPS) is 18.0. The minimum Gasteiger partial charge on any atom is -0.399 e. The average Bonchev–Trinajstić information content (AvgIpc) is 3.49. The van der Waals surface area contributed by atoms with Gasteiger partial charge in [0.25, 0.3) is 5.91 Å². The van der Waals surface area contributed by atoms with E-state index in [1.54, 1.807) is 47.4 Å². The Morgan fingerprint density at radius 2 is 1.81 bits per heavy atom. The summed E-state index contributed by atoms with van der Waals surface area (Å²) in [5, 5.41) is 1.65. The lowest BCUT2D eigenvalue weighted by molar-refractivity contribution is 0.0989. The summed E-state index contributed by atoms with van der Waals surface area (Å²) in [6, 6.07) is 20.1. The van der Waals surface area contributed by atoms with E-state index >= 15 is 0 Å². The van der Waals surface area contributed by atoms with Gasteiger partial charge in [-0.1, -0.05) is 48.5 Å². The Kier molecular flexibility index (Phi) is 6.01. The van der Waals surface area contributed by atoms with Crippen LogP contribution in [0.1, 0.15) is 38.3 Å². The third-order valence-electron chi connectivity index (χ3n) is 6.65. The molecule has 0 spiro atoms. The number of carbonyl (C=O) groups excluding carboxylic acids is 2. The first kappa shape index (κ1) is 23.6. The molecule has 2 unspecified atom stereocenters. The van der Waals surface area contributed by atoms with Crippen molar-refractivity contribution in [1.82, 2.24) is 9.62 Å². The van der Waals surface area contributed by atoms with E-state index in [1.165, 1.54) is 6.08 Å². The number of benzene rings is 3. The molecule has 3 amide bonds. The van der Waals surface area contributed by atoms with Crippen LogP contribution >= 0.6 is 0 Å². The summed E-state index contributed by atoms with van der Waals surface area (Å²) in [6.45, 7) is 4.24. The number of nitrogen functional groups attached to an aromatic ring is 1. The molecule has 0 aliphatic carbocycles. The summed E-state index contributed by atoms with van der Waals surface area (Å²) in [5.41, 5.74) is 9.78. The van der Waals surface area contributed by atoms with E-state index in [0.29, 0.717) is 29.8 Å². The second-order valence-electron chi connectivity index (χ2n) is 8.86. The van der Waals surface area contributed by atoms with Crippen molar-refractivity contribution in [1.29, 1.82) is 0 Å². The van der Waals surface area contributed by atoms with E-state index in [2.05, 4.69) is 11.9 Å². The topological polar surface area (TPSA) is 113 Å². The van der Waals surface area contributed by atoms with Crippen LogP contribution in [0.15, 0.2) is 85.5 Å². The summed E-state index contributed by atoms with van der Waals surface area (Å²) < 4.78 is 28.0. The van der Waals surface area contributed by atoms with Crippen molar-refractivity contribution in [3.05, 3.63) is 108 Å². The largest absolute Gasteiger partial charge is 0.399 e. The number of hydrogen-bond donors (Lipinski definition) is 2. The van der Waals surface area contributed by atoms with Crippen LogP contribution in [0.2, 0.25) is 0 Å². The first-order valence-corrected chi connectivity index (χ1v) is 13.1. The van der Waals surface area contributed by atoms with Gasteiger partial charge in [-0.2, -0.15) is 0 Å². The van der Waals surface area contributed by atoms with Crippen LogP contribution in [0.3, 0.4) is 0 Å². The van der Waals surface area contributed by atoms with Crippen LogP contribution in [0.25, 0.3) is 0 Å². The number of fused-ring (bicyclic) bond motifs is 1. The van der Waals surface area contributed by atoms with Crippen molar-refractivity contribution in [2.45, 2.75) is 17.7 Å².